The van der Waals surface area contributed by atoms with Crippen LogP contribution in [0.5, 0.6) is 0 Å². The molecule has 1 saturated heterocycles. The number of carbonyl (C=O) groups excluding carboxylic acids is 1. The highest BCUT2D eigenvalue weighted by Gasteiger charge is 2.40. The molecule has 1 saturated carbocycles. The minimum absolute atomic E-state index is 0.0117. The normalized spacial score (nSPS) is 24.9. The van der Waals surface area contributed by atoms with E-state index in [-0.39, 0.29) is 5.91 Å². The van der Waals surface area contributed by atoms with Crippen LogP contribution in [0.3, 0.4) is 0 Å². The van der Waals surface area contributed by atoms with E-state index in [1.807, 2.05) is 12.3 Å². The largest absolute Gasteiger partial charge is 0.386 e. The highest BCUT2D eigenvalue weighted by molar-refractivity contribution is 5.96. The summed E-state index contributed by atoms with van der Waals surface area (Å²) in [6, 6.07) is 1.85. The smallest absolute Gasteiger partial charge is 0.255 e. The van der Waals surface area contributed by atoms with E-state index in [1.165, 1.54) is 0 Å². The standard InChI is InChI=1S/C15H19N5O2/c21-14(12-3-5-16-13(12)11-1-2-11)19-7-4-15(22,9-19)10-20-8-6-17-18-20/h3,5-6,8,11,16,22H,1-2,4,7,9-10H2. The van der Waals surface area contributed by atoms with E-state index in [0.29, 0.717) is 32.0 Å². The van der Waals surface area contributed by atoms with Gasteiger partial charge in [-0.05, 0) is 31.2 Å². The van der Waals surface area contributed by atoms with E-state index >= 15 is 0 Å². The Hall–Kier alpha value is -2.15. The van der Waals surface area contributed by atoms with Crippen LogP contribution in [0, 0.1) is 0 Å². The molecule has 2 N–H and O–H groups in total. The monoisotopic (exact) mass is 301 g/mol. The number of aliphatic hydroxyl groups is 1. The second kappa shape index (κ2) is 4.95. The molecule has 1 aliphatic carbocycles. The van der Waals surface area contributed by atoms with E-state index in [1.54, 1.807) is 22.0 Å². The van der Waals surface area contributed by atoms with Crippen LogP contribution in [0.1, 0.15) is 41.2 Å². The fourth-order valence-corrected chi connectivity index (χ4v) is 3.23. The van der Waals surface area contributed by atoms with E-state index in [2.05, 4.69) is 15.3 Å². The zero-order chi connectivity index (χ0) is 15.2. The van der Waals surface area contributed by atoms with Crippen LogP contribution in [-0.2, 0) is 6.54 Å². The summed E-state index contributed by atoms with van der Waals surface area (Å²) in [7, 11) is 0. The number of nitrogens with one attached hydrogen (secondary N) is 1. The Morgan fingerprint density at radius 1 is 1.50 bits per heavy atom. The van der Waals surface area contributed by atoms with Gasteiger partial charge < -0.3 is 15.0 Å². The first-order chi connectivity index (χ1) is 10.6. The van der Waals surface area contributed by atoms with Gasteiger partial charge in [0.05, 0.1) is 24.8 Å². The molecule has 2 aromatic heterocycles. The number of aromatic amines is 1. The summed E-state index contributed by atoms with van der Waals surface area (Å²) >= 11 is 0. The van der Waals surface area contributed by atoms with Crippen LogP contribution in [0.4, 0.5) is 0 Å². The predicted molar refractivity (Wildman–Crippen MR) is 78.3 cm³/mol. The van der Waals surface area contributed by atoms with Crippen molar-refractivity contribution in [2.45, 2.75) is 37.3 Å². The molecule has 2 aromatic rings. The highest BCUT2D eigenvalue weighted by atomic mass is 16.3. The number of rotatable bonds is 4. The van der Waals surface area contributed by atoms with Gasteiger partial charge in [-0.25, -0.2) is 4.68 Å². The van der Waals surface area contributed by atoms with Crippen molar-refractivity contribution in [1.82, 2.24) is 24.9 Å². The minimum Gasteiger partial charge on any atom is -0.386 e. The quantitative estimate of drug-likeness (QED) is 0.873. The van der Waals surface area contributed by atoms with Crippen molar-refractivity contribution in [3.05, 3.63) is 35.9 Å². The molecule has 0 radical (unpaired) electrons. The molecule has 2 fully saturated rings. The zero-order valence-corrected chi connectivity index (χ0v) is 12.3. The first kappa shape index (κ1) is 13.5. The van der Waals surface area contributed by atoms with Gasteiger partial charge in [-0.2, -0.15) is 0 Å². The van der Waals surface area contributed by atoms with Crippen LogP contribution in [0.2, 0.25) is 0 Å². The van der Waals surface area contributed by atoms with Gasteiger partial charge in [0.2, 0.25) is 0 Å². The molecular formula is C15H19N5O2. The SMILES string of the molecule is O=C(c1cc[nH]c1C1CC1)N1CCC(O)(Cn2ccnn2)C1. The Balaban J connectivity index is 1.47. The molecule has 1 atom stereocenters. The number of carbonyl (C=O) groups is 1. The maximum atomic E-state index is 12.7. The molecule has 4 rings (SSSR count). The van der Waals surface area contributed by atoms with Gasteiger partial charge in [0.25, 0.3) is 5.91 Å². The van der Waals surface area contributed by atoms with Gasteiger partial charge in [-0.3, -0.25) is 4.79 Å². The number of amides is 1. The topological polar surface area (TPSA) is 87.0 Å². The lowest BCUT2D eigenvalue weighted by molar-refractivity contribution is 0.0266. The molecule has 3 heterocycles. The van der Waals surface area contributed by atoms with E-state index in [0.717, 1.165) is 24.1 Å². The summed E-state index contributed by atoms with van der Waals surface area (Å²) in [5.74, 6) is 0.517. The number of likely N-dealkylation sites (tertiary alicyclic amines) is 1. The third-order valence-electron chi connectivity index (χ3n) is 4.54. The lowest BCUT2D eigenvalue weighted by atomic mass is 10.0. The first-order valence-corrected chi connectivity index (χ1v) is 7.68. The summed E-state index contributed by atoms with van der Waals surface area (Å²) < 4.78 is 1.61. The van der Waals surface area contributed by atoms with Crippen LogP contribution in [0.25, 0.3) is 0 Å². The number of nitrogens with zero attached hydrogens (tertiary/aromatic N) is 4. The summed E-state index contributed by atoms with van der Waals surface area (Å²) in [6.45, 7) is 1.26. The predicted octanol–water partition coefficient (Wildman–Crippen LogP) is 0.761. The van der Waals surface area contributed by atoms with Crippen molar-refractivity contribution >= 4 is 5.91 Å². The van der Waals surface area contributed by atoms with E-state index in [4.69, 9.17) is 0 Å². The molecule has 1 amide bonds. The van der Waals surface area contributed by atoms with Gasteiger partial charge in [0.1, 0.15) is 5.60 Å². The Labute approximate surface area is 127 Å². The third kappa shape index (κ3) is 2.41. The van der Waals surface area contributed by atoms with Crippen LogP contribution in [-0.4, -0.2) is 54.6 Å². The third-order valence-corrected chi connectivity index (χ3v) is 4.54. The Morgan fingerprint density at radius 3 is 3.09 bits per heavy atom. The average Bonchev–Trinajstić information content (AvgIpc) is 2.94. The van der Waals surface area contributed by atoms with Gasteiger partial charge in [-0.1, -0.05) is 5.21 Å². The molecule has 22 heavy (non-hydrogen) atoms. The van der Waals surface area contributed by atoms with Crippen molar-refractivity contribution in [1.29, 1.82) is 0 Å². The van der Waals surface area contributed by atoms with Crippen molar-refractivity contribution in [3.8, 4) is 0 Å². The Kier molecular flexibility index (Phi) is 3.04. The number of hydrogen-bond donors (Lipinski definition) is 2. The lowest BCUT2D eigenvalue weighted by Crippen LogP contribution is -2.39. The fourth-order valence-electron chi connectivity index (χ4n) is 3.23. The molecular weight excluding hydrogens is 282 g/mol. The second-order valence-electron chi connectivity index (χ2n) is 6.38. The van der Waals surface area contributed by atoms with Crippen LogP contribution in [0.15, 0.2) is 24.7 Å². The summed E-state index contributed by atoms with van der Waals surface area (Å²) in [6.07, 6.45) is 8.00. The van der Waals surface area contributed by atoms with Gasteiger partial charge >= 0.3 is 0 Å². The minimum atomic E-state index is -0.931. The summed E-state index contributed by atoms with van der Waals surface area (Å²) in [5, 5.41) is 18.3. The van der Waals surface area contributed by atoms with Crippen molar-refractivity contribution < 1.29 is 9.90 Å². The molecule has 0 spiro atoms. The molecule has 0 aromatic carbocycles. The summed E-state index contributed by atoms with van der Waals surface area (Å²) in [5.41, 5.74) is 0.878. The van der Waals surface area contributed by atoms with Crippen LogP contribution < -0.4 is 0 Å². The number of hydrogen-bond acceptors (Lipinski definition) is 4. The molecule has 2 aliphatic rings. The average molecular weight is 301 g/mol. The molecule has 7 heteroatoms. The Morgan fingerprint density at radius 2 is 2.36 bits per heavy atom. The van der Waals surface area contributed by atoms with Gasteiger partial charge in [0, 0.05) is 24.6 Å². The lowest BCUT2D eigenvalue weighted by Gasteiger charge is -2.23. The molecule has 0 bridgehead atoms. The van der Waals surface area contributed by atoms with Crippen molar-refractivity contribution in [2.75, 3.05) is 13.1 Å². The zero-order valence-electron chi connectivity index (χ0n) is 12.3. The highest BCUT2D eigenvalue weighted by Crippen LogP contribution is 2.41. The molecule has 1 aliphatic heterocycles. The Bertz CT molecular complexity index is 676. The number of H-pyrrole nitrogens is 1. The number of aromatic nitrogens is 4. The van der Waals surface area contributed by atoms with Crippen molar-refractivity contribution in [2.24, 2.45) is 0 Å². The molecule has 116 valence electrons. The second-order valence-corrected chi connectivity index (χ2v) is 6.38. The van der Waals surface area contributed by atoms with Gasteiger partial charge in [-0.15, -0.1) is 5.10 Å². The van der Waals surface area contributed by atoms with E-state index in [9.17, 15) is 9.90 Å². The number of β-amino-alcohol motifs (C(OH)–C–C–N with tert-alkyl or cyclic N) is 1. The maximum absolute atomic E-state index is 12.7. The summed E-state index contributed by atoms with van der Waals surface area (Å²) in [4.78, 5) is 17.7. The fraction of sp³-hybridized carbons (Fsp3) is 0.533. The first-order valence-electron chi connectivity index (χ1n) is 7.68. The van der Waals surface area contributed by atoms with Crippen LogP contribution >= 0.6 is 0 Å². The molecule has 7 nitrogen and oxygen atoms in total. The van der Waals surface area contributed by atoms with Gasteiger partial charge in [0.15, 0.2) is 0 Å². The van der Waals surface area contributed by atoms with E-state index < -0.39 is 5.60 Å². The molecule has 1 unspecified atom stereocenters. The maximum Gasteiger partial charge on any atom is 0.255 e. The van der Waals surface area contributed by atoms with Crippen molar-refractivity contribution in [3.63, 3.8) is 0 Å².